The minimum Gasteiger partial charge on any atom is -0.322 e. The maximum absolute atomic E-state index is 12.1. The Labute approximate surface area is 125 Å². The summed E-state index contributed by atoms with van der Waals surface area (Å²) in [6.07, 6.45) is 0. The zero-order valence-electron chi connectivity index (χ0n) is 10.6. The number of hydrogen-bond acceptors (Lipinski definition) is 1. The third kappa shape index (κ3) is 3.37. The molecule has 1 amide bonds. The van der Waals surface area contributed by atoms with Crippen molar-refractivity contribution in [1.29, 1.82) is 0 Å². The van der Waals surface area contributed by atoms with Gasteiger partial charge in [0.1, 0.15) is 0 Å². The lowest BCUT2D eigenvalue weighted by molar-refractivity contribution is 0.102. The molecule has 0 unspecified atom stereocenters. The molecule has 2 rings (SSSR count). The van der Waals surface area contributed by atoms with Gasteiger partial charge in [0.15, 0.2) is 0 Å². The second-order valence-electron chi connectivity index (χ2n) is 4.40. The Hall–Kier alpha value is -1.32. The molecular formula is C15H13BrClNO. The molecule has 0 aliphatic heterocycles. The monoisotopic (exact) mass is 337 g/mol. The Morgan fingerprint density at radius 2 is 1.89 bits per heavy atom. The van der Waals surface area contributed by atoms with E-state index in [-0.39, 0.29) is 5.91 Å². The number of nitrogens with one attached hydrogen (secondary N) is 1. The zero-order chi connectivity index (χ0) is 14.0. The van der Waals surface area contributed by atoms with Crippen LogP contribution in [0.3, 0.4) is 0 Å². The van der Waals surface area contributed by atoms with Crippen LogP contribution >= 0.6 is 27.5 Å². The summed E-state index contributed by atoms with van der Waals surface area (Å²) in [5, 5.41) is 3.31. The topological polar surface area (TPSA) is 29.1 Å². The summed E-state index contributed by atoms with van der Waals surface area (Å²) in [4.78, 5) is 12.1. The summed E-state index contributed by atoms with van der Waals surface area (Å²) in [7, 11) is 0. The van der Waals surface area contributed by atoms with E-state index < -0.39 is 0 Å². The molecule has 2 aromatic carbocycles. The largest absolute Gasteiger partial charge is 0.322 e. The molecule has 2 nitrogen and oxygen atoms in total. The highest BCUT2D eigenvalue weighted by atomic mass is 79.9. The van der Waals surface area contributed by atoms with E-state index in [9.17, 15) is 4.79 Å². The van der Waals surface area contributed by atoms with Gasteiger partial charge in [0.25, 0.3) is 5.91 Å². The SMILES string of the molecule is Cc1ccc(C(=O)Nc2ccc(Br)c(C)c2)c(Cl)c1. The van der Waals surface area contributed by atoms with Crippen molar-refractivity contribution < 1.29 is 4.79 Å². The van der Waals surface area contributed by atoms with Crippen LogP contribution in [0, 0.1) is 13.8 Å². The molecule has 4 heteroatoms. The van der Waals surface area contributed by atoms with Crippen molar-refractivity contribution in [1.82, 2.24) is 0 Å². The Bertz CT molecular complexity index is 640. The molecule has 0 atom stereocenters. The van der Waals surface area contributed by atoms with Crippen molar-refractivity contribution in [2.75, 3.05) is 5.32 Å². The van der Waals surface area contributed by atoms with Crippen molar-refractivity contribution in [2.45, 2.75) is 13.8 Å². The third-order valence-corrected chi connectivity index (χ3v) is 3.99. The van der Waals surface area contributed by atoms with E-state index in [4.69, 9.17) is 11.6 Å². The second kappa shape index (κ2) is 5.76. The summed E-state index contributed by atoms with van der Waals surface area (Å²) in [6.45, 7) is 3.91. The van der Waals surface area contributed by atoms with E-state index in [1.807, 2.05) is 38.1 Å². The summed E-state index contributed by atoms with van der Waals surface area (Å²) in [6, 6.07) is 11.0. The van der Waals surface area contributed by atoms with E-state index >= 15 is 0 Å². The number of anilines is 1. The molecule has 0 aromatic heterocycles. The van der Waals surface area contributed by atoms with Gasteiger partial charge in [-0.1, -0.05) is 33.6 Å². The smallest absolute Gasteiger partial charge is 0.257 e. The summed E-state index contributed by atoms with van der Waals surface area (Å²) < 4.78 is 1.01. The zero-order valence-corrected chi connectivity index (χ0v) is 13.0. The van der Waals surface area contributed by atoms with Crippen LogP contribution < -0.4 is 5.32 Å². The van der Waals surface area contributed by atoms with Gasteiger partial charge in [-0.25, -0.2) is 0 Å². The molecule has 0 heterocycles. The van der Waals surface area contributed by atoms with Crippen molar-refractivity contribution >= 4 is 39.1 Å². The molecule has 0 radical (unpaired) electrons. The van der Waals surface area contributed by atoms with Gasteiger partial charge in [-0.3, -0.25) is 4.79 Å². The van der Waals surface area contributed by atoms with Crippen molar-refractivity contribution in [3.05, 3.63) is 62.6 Å². The van der Waals surface area contributed by atoms with Crippen molar-refractivity contribution in [3.63, 3.8) is 0 Å². The van der Waals surface area contributed by atoms with Gasteiger partial charge in [0.05, 0.1) is 10.6 Å². The number of carbonyl (C=O) groups excluding carboxylic acids is 1. The first-order valence-corrected chi connectivity index (χ1v) is 6.98. The quantitative estimate of drug-likeness (QED) is 0.823. The number of rotatable bonds is 2. The molecule has 2 aromatic rings. The number of halogens is 2. The van der Waals surface area contributed by atoms with Gasteiger partial charge in [-0.2, -0.15) is 0 Å². The number of benzene rings is 2. The average Bonchev–Trinajstić information content (AvgIpc) is 2.33. The van der Waals surface area contributed by atoms with Crippen LogP contribution in [0.4, 0.5) is 5.69 Å². The number of carbonyl (C=O) groups is 1. The predicted molar refractivity (Wildman–Crippen MR) is 83.0 cm³/mol. The number of aryl methyl sites for hydroxylation is 2. The fraction of sp³-hybridized carbons (Fsp3) is 0.133. The molecule has 98 valence electrons. The molecule has 0 fully saturated rings. The third-order valence-electron chi connectivity index (χ3n) is 2.79. The lowest BCUT2D eigenvalue weighted by Gasteiger charge is -2.08. The average molecular weight is 339 g/mol. The Morgan fingerprint density at radius 3 is 2.53 bits per heavy atom. The molecule has 0 bridgehead atoms. The van der Waals surface area contributed by atoms with Crippen LogP contribution in [0.1, 0.15) is 21.5 Å². The van der Waals surface area contributed by atoms with Gasteiger partial charge in [0.2, 0.25) is 0 Å². The first-order valence-electron chi connectivity index (χ1n) is 5.81. The van der Waals surface area contributed by atoms with Gasteiger partial charge in [-0.05, 0) is 55.3 Å². The van der Waals surface area contributed by atoms with E-state index in [1.165, 1.54) is 0 Å². The minimum absolute atomic E-state index is 0.202. The van der Waals surface area contributed by atoms with Crippen LogP contribution in [-0.4, -0.2) is 5.91 Å². The first kappa shape index (κ1) is 14.1. The minimum atomic E-state index is -0.202. The Kier molecular flexibility index (Phi) is 4.27. The number of hydrogen-bond donors (Lipinski definition) is 1. The summed E-state index contributed by atoms with van der Waals surface area (Å²) >= 11 is 9.51. The van der Waals surface area contributed by atoms with E-state index in [0.29, 0.717) is 10.6 Å². The molecule has 0 aliphatic rings. The molecule has 0 saturated heterocycles. The van der Waals surface area contributed by atoms with Crippen LogP contribution in [0.2, 0.25) is 5.02 Å². The fourth-order valence-electron chi connectivity index (χ4n) is 1.73. The standard InChI is InChI=1S/C15H13BrClNO/c1-9-3-5-12(14(17)7-9)15(19)18-11-4-6-13(16)10(2)8-11/h3-8H,1-2H3,(H,18,19). The molecule has 0 saturated carbocycles. The van der Waals surface area contributed by atoms with Crippen molar-refractivity contribution in [3.8, 4) is 0 Å². The first-order chi connectivity index (χ1) is 8.97. The highest BCUT2D eigenvalue weighted by Gasteiger charge is 2.10. The lowest BCUT2D eigenvalue weighted by atomic mass is 10.1. The lowest BCUT2D eigenvalue weighted by Crippen LogP contribution is -2.12. The van der Waals surface area contributed by atoms with E-state index in [1.54, 1.807) is 12.1 Å². The van der Waals surface area contributed by atoms with Gasteiger partial charge >= 0.3 is 0 Å². The van der Waals surface area contributed by atoms with Crippen molar-refractivity contribution in [2.24, 2.45) is 0 Å². The van der Waals surface area contributed by atoms with Crippen LogP contribution in [-0.2, 0) is 0 Å². The fourth-order valence-corrected chi connectivity index (χ4v) is 2.29. The van der Waals surface area contributed by atoms with Crippen LogP contribution in [0.15, 0.2) is 40.9 Å². The molecular weight excluding hydrogens is 326 g/mol. The van der Waals surface area contributed by atoms with Gasteiger partial charge in [-0.15, -0.1) is 0 Å². The maximum Gasteiger partial charge on any atom is 0.257 e. The van der Waals surface area contributed by atoms with Crippen LogP contribution in [0.25, 0.3) is 0 Å². The highest BCUT2D eigenvalue weighted by Crippen LogP contribution is 2.22. The van der Waals surface area contributed by atoms with E-state index in [2.05, 4.69) is 21.2 Å². The second-order valence-corrected chi connectivity index (χ2v) is 5.66. The van der Waals surface area contributed by atoms with Crippen LogP contribution in [0.5, 0.6) is 0 Å². The van der Waals surface area contributed by atoms with Gasteiger partial charge < -0.3 is 5.32 Å². The summed E-state index contributed by atoms with van der Waals surface area (Å²) in [5.74, 6) is -0.202. The highest BCUT2D eigenvalue weighted by molar-refractivity contribution is 9.10. The normalized spacial score (nSPS) is 10.3. The molecule has 0 spiro atoms. The van der Waals surface area contributed by atoms with E-state index in [0.717, 1.165) is 21.3 Å². The summed E-state index contributed by atoms with van der Waals surface area (Å²) in [5.41, 5.74) is 3.32. The molecule has 19 heavy (non-hydrogen) atoms. The Balaban J connectivity index is 2.23. The maximum atomic E-state index is 12.1. The van der Waals surface area contributed by atoms with Gasteiger partial charge in [0, 0.05) is 10.2 Å². The number of amides is 1. The predicted octanol–water partition coefficient (Wildman–Crippen LogP) is 4.97. The molecule has 1 N–H and O–H groups in total. The molecule has 0 aliphatic carbocycles. The Morgan fingerprint density at radius 1 is 1.16 bits per heavy atom.